The lowest BCUT2D eigenvalue weighted by atomic mass is 9.61. The zero-order valence-corrected chi connectivity index (χ0v) is 23.1. The highest BCUT2D eigenvalue weighted by atomic mass is 19.4. The number of carbonyl (C=O) groups excluding carboxylic acids is 1. The standard InChI is InChI=1S/C31H34F5NO4/c1-28(11-9-20(10-12-28)26(38)39)27(40)37-14-13-30(16-19-3-6-23(32)7-4-19)22(17-37)18-41-25-15-21(5-8-24(25)30)29(2,33)31(34,35)36/h3-8,15,20,22H,9-14,16-18H2,1-2H3,(H,38,39). The van der Waals surface area contributed by atoms with Gasteiger partial charge in [-0.2, -0.15) is 13.2 Å². The summed E-state index contributed by atoms with van der Waals surface area (Å²) >= 11 is 0. The largest absolute Gasteiger partial charge is 0.493 e. The van der Waals surface area contributed by atoms with Crippen molar-refractivity contribution >= 4 is 11.9 Å². The van der Waals surface area contributed by atoms with Crippen LogP contribution in [0.3, 0.4) is 0 Å². The van der Waals surface area contributed by atoms with Crippen molar-refractivity contribution in [1.82, 2.24) is 4.90 Å². The molecule has 5 nitrogen and oxygen atoms in total. The van der Waals surface area contributed by atoms with Gasteiger partial charge in [0.2, 0.25) is 11.6 Å². The molecule has 2 aliphatic heterocycles. The van der Waals surface area contributed by atoms with Crippen LogP contribution in [-0.4, -0.2) is 47.8 Å². The number of likely N-dealkylation sites (tertiary alicyclic amines) is 1. The van der Waals surface area contributed by atoms with Crippen molar-refractivity contribution in [2.75, 3.05) is 19.7 Å². The number of fused-ring (bicyclic) bond motifs is 3. The van der Waals surface area contributed by atoms with E-state index in [9.17, 15) is 36.6 Å². The van der Waals surface area contributed by atoms with Crippen LogP contribution in [0.25, 0.3) is 0 Å². The van der Waals surface area contributed by atoms with E-state index in [1.54, 1.807) is 17.0 Å². The van der Waals surface area contributed by atoms with Crippen molar-refractivity contribution in [3.8, 4) is 5.75 Å². The van der Waals surface area contributed by atoms with Gasteiger partial charge in [-0.05, 0) is 69.2 Å². The van der Waals surface area contributed by atoms with E-state index in [1.807, 2.05) is 6.92 Å². The van der Waals surface area contributed by atoms with Gasteiger partial charge in [0.1, 0.15) is 11.6 Å². The van der Waals surface area contributed by atoms with E-state index in [-0.39, 0.29) is 30.0 Å². The number of aliphatic carboxylic acids is 1. The Labute approximate surface area is 235 Å². The number of halogens is 5. The molecule has 41 heavy (non-hydrogen) atoms. The number of piperidine rings is 1. The fourth-order valence-corrected chi connectivity index (χ4v) is 6.91. The van der Waals surface area contributed by atoms with Crippen molar-refractivity contribution in [3.05, 3.63) is 65.0 Å². The highest BCUT2D eigenvalue weighted by Gasteiger charge is 2.55. The molecule has 222 valence electrons. The molecule has 1 saturated carbocycles. The molecule has 1 amide bonds. The average Bonchev–Trinajstić information content (AvgIpc) is 2.93. The number of nitrogens with zero attached hydrogens (tertiary/aromatic N) is 1. The van der Waals surface area contributed by atoms with Crippen molar-refractivity contribution in [3.63, 3.8) is 0 Å². The van der Waals surface area contributed by atoms with Crippen LogP contribution in [0.1, 0.15) is 62.6 Å². The maximum Gasteiger partial charge on any atom is 0.426 e. The lowest BCUT2D eigenvalue weighted by Gasteiger charge is -2.52. The Morgan fingerprint density at radius 1 is 1.05 bits per heavy atom. The number of carboxylic acids is 1. The number of amides is 1. The van der Waals surface area contributed by atoms with Crippen LogP contribution in [0.4, 0.5) is 22.0 Å². The minimum absolute atomic E-state index is 0.0313. The molecule has 3 atom stereocenters. The molecule has 0 radical (unpaired) electrons. The molecule has 2 aromatic carbocycles. The first-order valence-corrected chi connectivity index (χ1v) is 14.0. The van der Waals surface area contributed by atoms with E-state index in [0.717, 1.165) is 17.7 Å². The molecule has 5 rings (SSSR count). The van der Waals surface area contributed by atoms with Crippen LogP contribution in [0.2, 0.25) is 0 Å². The number of benzene rings is 2. The van der Waals surface area contributed by atoms with E-state index >= 15 is 0 Å². The monoisotopic (exact) mass is 579 g/mol. The zero-order valence-electron chi connectivity index (χ0n) is 23.1. The summed E-state index contributed by atoms with van der Waals surface area (Å²) in [6.07, 6.45) is -2.34. The van der Waals surface area contributed by atoms with Crippen LogP contribution in [-0.2, 0) is 27.1 Å². The van der Waals surface area contributed by atoms with E-state index in [1.165, 1.54) is 18.2 Å². The van der Waals surface area contributed by atoms with E-state index in [4.69, 9.17) is 4.74 Å². The van der Waals surface area contributed by atoms with Gasteiger partial charge >= 0.3 is 12.1 Å². The molecule has 10 heteroatoms. The Morgan fingerprint density at radius 3 is 2.32 bits per heavy atom. The van der Waals surface area contributed by atoms with Gasteiger partial charge in [-0.3, -0.25) is 9.59 Å². The lowest BCUT2D eigenvalue weighted by Crippen LogP contribution is -2.58. The molecular weight excluding hydrogens is 545 g/mol. The van der Waals surface area contributed by atoms with Gasteiger partial charge in [0.05, 0.1) is 12.5 Å². The molecule has 1 saturated heterocycles. The topological polar surface area (TPSA) is 66.8 Å². The summed E-state index contributed by atoms with van der Waals surface area (Å²) in [6.45, 7) is 3.23. The molecule has 2 aromatic rings. The minimum atomic E-state index is -5.10. The van der Waals surface area contributed by atoms with Crippen molar-refractivity contribution < 1.29 is 41.4 Å². The Bertz CT molecular complexity index is 1320. The van der Waals surface area contributed by atoms with Crippen molar-refractivity contribution in [2.45, 2.75) is 69.6 Å². The number of alkyl halides is 4. The van der Waals surface area contributed by atoms with E-state index in [0.29, 0.717) is 64.1 Å². The maximum absolute atomic E-state index is 14.8. The molecule has 0 bridgehead atoms. The van der Waals surface area contributed by atoms with Crippen molar-refractivity contribution in [2.24, 2.45) is 17.3 Å². The van der Waals surface area contributed by atoms with Gasteiger partial charge in [0.25, 0.3) is 0 Å². The number of ether oxygens (including phenoxy) is 1. The first kappa shape index (κ1) is 29.3. The molecule has 3 aliphatic rings. The Morgan fingerprint density at radius 2 is 1.71 bits per heavy atom. The second kappa shape index (κ2) is 10.3. The third-order valence-electron chi connectivity index (χ3n) is 9.76. The molecule has 1 aliphatic carbocycles. The normalized spacial score (nSPS) is 29.5. The fourth-order valence-electron chi connectivity index (χ4n) is 6.91. The first-order valence-electron chi connectivity index (χ1n) is 14.0. The summed E-state index contributed by atoms with van der Waals surface area (Å²) in [4.78, 5) is 27.0. The summed E-state index contributed by atoms with van der Waals surface area (Å²) in [7, 11) is 0. The molecule has 0 aromatic heterocycles. The van der Waals surface area contributed by atoms with Gasteiger partial charge < -0.3 is 14.7 Å². The maximum atomic E-state index is 14.8. The predicted octanol–water partition coefficient (Wildman–Crippen LogP) is 6.58. The quantitative estimate of drug-likeness (QED) is 0.407. The van der Waals surface area contributed by atoms with Gasteiger partial charge in [-0.25, -0.2) is 8.78 Å². The smallest absolute Gasteiger partial charge is 0.426 e. The van der Waals surface area contributed by atoms with Crippen molar-refractivity contribution in [1.29, 1.82) is 0 Å². The van der Waals surface area contributed by atoms with Gasteiger partial charge in [0.15, 0.2) is 0 Å². The predicted molar refractivity (Wildman–Crippen MR) is 141 cm³/mol. The van der Waals surface area contributed by atoms with Crippen LogP contribution in [0.15, 0.2) is 42.5 Å². The number of hydrogen-bond acceptors (Lipinski definition) is 3. The van der Waals surface area contributed by atoms with Gasteiger partial charge in [0, 0.05) is 41.0 Å². The summed E-state index contributed by atoms with van der Waals surface area (Å²) in [5.74, 6) is -1.74. The zero-order chi connectivity index (χ0) is 29.8. The molecule has 3 unspecified atom stereocenters. The Balaban J connectivity index is 1.46. The molecule has 1 N–H and O–H groups in total. The Kier molecular flexibility index (Phi) is 7.35. The highest BCUT2D eigenvalue weighted by molar-refractivity contribution is 5.83. The number of rotatable bonds is 5. The van der Waals surface area contributed by atoms with Crippen LogP contribution in [0.5, 0.6) is 5.75 Å². The van der Waals surface area contributed by atoms with E-state index < -0.39 is 40.1 Å². The second-order valence-electron chi connectivity index (χ2n) is 12.4. The molecule has 2 fully saturated rings. The summed E-state index contributed by atoms with van der Waals surface area (Å²) in [5.41, 5.74) is -3.92. The fraction of sp³-hybridized carbons (Fsp3) is 0.548. The molecular formula is C31H34F5NO4. The second-order valence-corrected chi connectivity index (χ2v) is 12.4. The van der Waals surface area contributed by atoms with Crippen LogP contribution < -0.4 is 4.74 Å². The summed E-state index contributed by atoms with van der Waals surface area (Å²) in [6, 6.07) is 9.85. The SMILES string of the molecule is CC1(C(=O)N2CCC3(Cc4ccc(F)cc4)c4ccc(C(C)(F)C(F)(F)F)cc4OCC3C2)CCC(C(=O)O)CC1. The van der Waals surface area contributed by atoms with Crippen LogP contribution >= 0.6 is 0 Å². The highest BCUT2D eigenvalue weighted by Crippen LogP contribution is 2.52. The number of carbonyl (C=O) groups is 2. The minimum Gasteiger partial charge on any atom is -0.493 e. The lowest BCUT2D eigenvalue weighted by molar-refractivity contribution is -0.228. The third kappa shape index (κ3) is 5.18. The number of hydrogen-bond donors (Lipinski definition) is 1. The Hall–Kier alpha value is -3.17. The van der Waals surface area contributed by atoms with Gasteiger partial charge in [-0.1, -0.05) is 31.2 Å². The van der Waals surface area contributed by atoms with Crippen LogP contribution in [0, 0.1) is 23.1 Å². The average molecular weight is 580 g/mol. The summed E-state index contributed by atoms with van der Waals surface area (Å²) in [5, 5.41) is 9.36. The van der Waals surface area contributed by atoms with Gasteiger partial charge in [-0.15, -0.1) is 0 Å². The molecule has 2 heterocycles. The number of carboxylic acid groups (broad SMARTS) is 1. The summed E-state index contributed by atoms with van der Waals surface area (Å²) < 4.78 is 74.9. The third-order valence-corrected chi connectivity index (χ3v) is 9.76. The molecule has 0 spiro atoms. The van der Waals surface area contributed by atoms with E-state index in [2.05, 4.69) is 0 Å². The first-order chi connectivity index (χ1) is 19.2.